The maximum atomic E-state index is 11.7. The van der Waals surface area contributed by atoms with Crippen LogP contribution in [0, 0.1) is 0 Å². The van der Waals surface area contributed by atoms with Gasteiger partial charge in [0.25, 0.3) is 5.56 Å². The van der Waals surface area contributed by atoms with E-state index in [1.54, 1.807) is 10.6 Å². The van der Waals surface area contributed by atoms with Crippen LogP contribution in [0.15, 0.2) is 35.4 Å². The summed E-state index contributed by atoms with van der Waals surface area (Å²) >= 11 is 0. The molecule has 0 saturated carbocycles. The SMILES string of the molecule is Nc1nc2c(ncn2CCOc2cccc(P(=O)(O)O)c2)c(=O)[nH]1. The first-order valence-corrected chi connectivity index (χ1v) is 8.45. The largest absolute Gasteiger partial charge is 0.492 e. The molecule has 0 aliphatic heterocycles. The molecule has 3 aromatic rings. The second-order valence-corrected chi connectivity index (χ2v) is 6.56. The number of hydrogen-bond acceptors (Lipinski definition) is 6. The second-order valence-electron chi connectivity index (χ2n) is 4.95. The first kappa shape index (κ1) is 16.2. The fourth-order valence-corrected chi connectivity index (χ4v) is 2.73. The molecule has 0 aliphatic rings. The zero-order chi connectivity index (χ0) is 17.3. The summed E-state index contributed by atoms with van der Waals surface area (Å²) < 4.78 is 18.3. The number of nitrogens with one attached hydrogen (secondary N) is 1. The summed E-state index contributed by atoms with van der Waals surface area (Å²) in [5.74, 6) is 0.315. The zero-order valence-electron chi connectivity index (χ0n) is 12.3. The lowest BCUT2D eigenvalue weighted by atomic mass is 10.3. The molecule has 5 N–H and O–H groups in total. The molecule has 0 aliphatic carbocycles. The minimum atomic E-state index is -4.33. The maximum Gasteiger partial charge on any atom is 0.356 e. The molecule has 0 spiro atoms. The average molecular weight is 351 g/mol. The molecule has 2 aromatic heterocycles. The molecule has 0 bridgehead atoms. The van der Waals surface area contributed by atoms with Crippen molar-refractivity contribution in [2.24, 2.45) is 0 Å². The smallest absolute Gasteiger partial charge is 0.356 e. The van der Waals surface area contributed by atoms with Gasteiger partial charge in [0.2, 0.25) is 5.95 Å². The van der Waals surface area contributed by atoms with Crippen molar-refractivity contribution in [1.82, 2.24) is 19.5 Å². The van der Waals surface area contributed by atoms with Crippen LogP contribution in [0.4, 0.5) is 5.95 Å². The molecule has 11 heteroatoms. The topological polar surface area (TPSA) is 156 Å². The van der Waals surface area contributed by atoms with Gasteiger partial charge in [-0.1, -0.05) is 6.07 Å². The summed E-state index contributed by atoms with van der Waals surface area (Å²) in [5, 5.41) is -0.117. The van der Waals surface area contributed by atoms with E-state index in [-0.39, 0.29) is 23.4 Å². The number of benzene rings is 1. The van der Waals surface area contributed by atoms with Crippen molar-refractivity contribution in [2.75, 3.05) is 12.3 Å². The first-order chi connectivity index (χ1) is 11.3. The summed E-state index contributed by atoms with van der Waals surface area (Å²) in [6.45, 7) is 0.511. The van der Waals surface area contributed by atoms with Crippen LogP contribution in [-0.4, -0.2) is 35.9 Å². The number of imidazole rings is 1. The Hall–Kier alpha value is -2.68. The van der Waals surface area contributed by atoms with E-state index < -0.39 is 13.2 Å². The van der Waals surface area contributed by atoms with Crippen molar-refractivity contribution >= 4 is 30.0 Å². The van der Waals surface area contributed by atoms with Crippen molar-refractivity contribution in [1.29, 1.82) is 0 Å². The highest BCUT2D eigenvalue weighted by atomic mass is 31.2. The van der Waals surface area contributed by atoms with Gasteiger partial charge in [-0.15, -0.1) is 0 Å². The standard InChI is InChI=1S/C13H14N5O5P/c14-13-16-11-10(12(19)17-13)15-7-18(11)4-5-23-8-2-1-3-9(6-8)24(20,21)22/h1-3,6-7H,4-5H2,(H2,20,21,22)(H3,14,16,17,19). The molecule has 0 atom stereocenters. The summed E-state index contributed by atoms with van der Waals surface area (Å²) in [5.41, 5.74) is 5.60. The van der Waals surface area contributed by atoms with Gasteiger partial charge in [-0.05, 0) is 18.2 Å². The highest BCUT2D eigenvalue weighted by Crippen LogP contribution is 2.34. The van der Waals surface area contributed by atoms with Crippen molar-refractivity contribution in [3.63, 3.8) is 0 Å². The maximum absolute atomic E-state index is 11.7. The van der Waals surface area contributed by atoms with Gasteiger partial charge in [-0.25, -0.2) is 4.98 Å². The van der Waals surface area contributed by atoms with Crippen LogP contribution in [0.25, 0.3) is 11.2 Å². The molecule has 0 unspecified atom stereocenters. The number of hydrogen-bond donors (Lipinski definition) is 4. The van der Waals surface area contributed by atoms with Crippen LogP contribution < -0.4 is 21.3 Å². The third-order valence-corrected chi connectivity index (χ3v) is 4.20. The molecule has 0 amide bonds. The molecular formula is C13H14N5O5P. The van der Waals surface area contributed by atoms with Crippen LogP contribution in [0.1, 0.15) is 0 Å². The molecule has 3 rings (SSSR count). The second kappa shape index (κ2) is 6.08. The van der Waals surface area contributed by atoms with Crippen LogP contribution in [0.2, 0.25) is 0 Å². The predicted octanol–water partition coefficient (Wildman–Crippen LogP) is -0.416. The highest BCUT2D eigenvalue weighted by molar-refractivity contribution is 7.60. The van der Waals surface area contributed by atoms with Crippen molar-refractivity contribution in [3.8, 4) is 5.75 Å². The Balaban J connectivity index is 1.74. The van der Waals surface area contributed by atoms with Crippen molar-refractivity contribution in [3.05, 3.63) is 40.9 Å². The number of nitrogens with two attached hydrogens (primary N) is 1. The normalized spacial score (nSPS) is 11.8. The molecule has 0 radical (unpaired) electrons. The third kappa shape index (κ3) is 3.30. The lowest BCUT2D eigenvalue weighted by Crippen LogP contribution is -2.14. The molecule has 0 saturated heterocycles. The van der Waals surface area contributed by atoms with E-state index >= 15 is 0 Å². The van der Waals surface area contributed by atoms with Crippen LogP contribution in [-0.2, 0) is 11.1 Å². The number of nitrogen functional groups attached to an aromatic ring is 1. The number of ether oxygens (including phenoxy) is 1. The molecule has 10 nitrogen and oxygen atoms in total. The van der Waals surface area contributed by atoms with Gasteiger partial charge < -0.3 is 24.8 Å². The monoisotopic (exact) mass is 351 g/mol. The van der Waals surface area contributed by atoms with Crippen molar-refractivity contribution in [2.45, 2.75) is 6.54 Å². The molecule has 2 heterocycles. The lowest BCUT2D eigenvalue weighted by molar-refractivity contribution is 0.300. The van der Waals surface area contributed by atoms with Gasteiger partial charge in [-0.2, -0.15) is 4.98 Å². The Labute approximate surface area is 135 Å². The van der Waals surface area contributed by atoms with E-state index in [4.69, 9.17) is 20.3 Å². The van der Waals surface area contributed by atoms with E-state index in [1.165, 1.54) is 24.5 Å². The van der Waals surface area contributed by atoms with E-state index in [9.17, 15) is 9.36 Å². The average Bonchev–Trinajstić information content (AvgIpc) is 2.90. The Morgan fingerprint density at radius 1 is 1.38 bits per heavy atom. The summed E-state index contributed by atoms with van der Waals surface area (Å²) in [6, 6.07) is 5.70. The Kier molecular flexibility index (Phi) is 4.10. The lowest BCUT2D eigenvalue weighted by Gasteiger charge is -2.09. The summed E-state index contributed by atoms with van der Waals surface area (Å²) in [4.78, 5) is 40.3. The highest BCUT2D eigenvalue weighted by Gasteiger charge is 2.17. The van der Waals surface area contributed by atoms with E-state index in [1.807, 2.05) is 0 Å². The molecule has 0 fully saturated rings. The van der Waals surface area contributed by atoms with E-state index in [2.05, 4.69) is 15.0 Å². The Bertz CT molecular complexity index is 992. The van der Waals surface area contributed by atoms with Crippen molar-refractivity contribution < 1.29 is 19.1 Å². The number of rotatable bonds is 5. The van der Waals surface area contributed by atoms with Gasteiger partial charge in [-0.3, -0.25) is 14.3 Å². The Morgan fingerprint density at radius 3 is 2.92 bits per heavy atom. The summed E-state index contributed by atoms with van der Waals surface area (Å²) in [7, 11) is -4.33. The van der Waals surface area contributed by atoms with Gasteiger partial charge in [0.05, 0.1) is 18.2 Å². The zero-order valence-corrected chi connectivity index (χ0v) is 13.2. The number of fused-ring (bicyclic) bond motifs is 1. The van der Waals surface area contributed by atoms with Crippen LogP contribution in [0.3, 0.4) is 0 Å². The third-order valence-electron chi connectivity index (χ3n) is 3.25. The van der Waals surface area contributed by atoms with Gasteiger partial charge in [0.15, 0.2) is 11.2 Å². The van der Waals surface area contributed by atoms with Gasteiger partial charge in [0, 0.05) is 0 Å². The first-order valence-electron chi connectivity index (χ1n) is 6.84. The quantitative estimate of drug-likeness (QED) is 0.452. The minimum absolute atomic E-state index is 0.00971. The van der Waals surface area contributed by atoms with E-state index in [0.29, 0.717) is 17.9 Å². The molecule has 1 aromatic carbocycles. The fraction of sp³-hybridized carbons (Fsp3) is 0.154. The summed E-state index contributed by atoms with van der Waals surface area (Å²) in [6.07, 6.45) is 1.45. The van der Waals surface area contributed by atoms with Crippen LogP contribution >= 0.6 is 7.60 Å². The molecule has 24 heavy (non-hydrogen) atoms. The Morgan fingerprint density at radius 2 is 2.17 bits per heavy atom. The molecule has 126 valence electrons. The fourth-order valence-electron chi connectivity index (χ4n) is 2.15. The number of nitrogens with zero attached hydrogens (tertiary/aromatic N) is 3. The molecular weight excluding hydrogens is 337 g/mol. The number of anilines is 1. The number of H-pyrrole nitrogens is 1. The predicted molar refractivity (Wildman–Crippen MR) is 86.2 cm³/mol. The minimum Gasteiger partial charge on any atom is -0.492 e. The van der Waals surface area contributed by atoms with Gasteiger partial charge in [0.1, 0.15) is 12.4 Å². The van der Waals surface area contributed by atoms with Gasteiger partial charge >= 0.3 is 7.60 Å². The number of aromatic nitrogens is 4. The van der Waals surface area contributed by atoms with Crippen LogP contribution in [0.5, 0.6) is 5.75 Å². The van der Waals surface area contributed by atoms with E-state index in [0.717, 1.165) is 0 Å². The number of aromatic amines is 1.